The Morgan fingerprint density at radius 3 is 2.56 bits per heavy atom. The van der Waals surface area contributed by atoms with E-state index in [0.717, 1.165) is 42.9 Å². The maximum Gasteiger partial charge on any atom is 0.257 e. The number of ether oxygens (including phenoxy) is 1. The van der Waals surface area contributed by atoms with E-state index in [-0.39, 0.29) is 12.7 Å². The summed E-state index contributed by atoms with van der Waals surface area (Å²) < 4.78 is 61.7. The number of rotatable bonds is 10. The van der Waals surface area contributed by atoms with E-state index >= 15 is 4.39 Å². The van der Waals surface area contributed by atoms with Crippen molar-refractivity contribution in [3.8, 4) is 5.75 Å². The van der Waals surface area contributed by atoms with Crippen LogP contribution in [0, 0.1) is 5.82 Å². The average Bonchev–Trinajstić information content (AvgIpc) is 3.14. The second-order valence-electron chi connectivity index (χ2n) is 9.67. The van der Waals surface area contributed by atoms with Crippen LogP contribution in [0.4, 0.5) is 17.6 Å². The molecule has 2 atom stereocenters. The molecular formula is C28H33F4NO. The SMILES string of the molecule is C[C@@H]1CC2=C(Cc3ccccc32)[C@@H](c2ccc(OCCCCCCF)cc2F)N1CC(C)(F)F. The van der Waals surface area contributed by atoms with Gasteiger partial charge in [-0.25, -0.2) is 13.2 Å². The first-order valence-corrected chi connectivity index (χ1v) is 12.2. The van der Waals surface area contributed by atoms with Crippen molar-refractivity contribution in [3.63, 3.8) is 0 Å². The van der Waals surface area contributed by atoms with E-state index in [9.17, 15) is 13.2 Å². The maximum absolute atomic E-state index is 15.5. The Morgan fingerprint density at radius 2 is 1.82 bits per heavy atom. The third-order valence-corrected chi connectivity index (χ3v) is 6.86. The highest BCUT2D eigenvalue weighted by Gasteiger charge is 2.42. The molecule has 0 N–H and O–H groups in total. The first-order chi connectivity index (χ1) is 16.3. The molecule has 34 heavy (non-hydrogen) atoms. The topological polar surface area (TPSA) is 12.5 Å². The molecule has 0 saturated carbocycles. The molecule has 2 aliphatic rings. The van der Waals surface area contributed by atoms with Crippen molar-refractivity contribution < 1.29 is 22.3 Å². The van der Waals surface area contributed by atoms with E-state index in [1.54, 1.807) is 17.0 Å². The molecule has 0 fully saturated rings. The van der Waals surface area contributed by atoms with Crippen LogP contribution in [0.5, 0.6) is 5.75 Å². The van der Waals surface area contributed by atoms with Crippen LogP contribution in [0.25, 0.3) is 5.57 Å². The lowest BCUT2D eigenvalue weighted by Gasteiger charge is -2.43. The zero-order valence-corrected chi connectivity index (χ0v) is 19.9. The van der Waals surface area contributed by atoms with E-state index in [2.05, 4.69) is 12.1 Å². The van der Waals surface area contributed by atoms with Gasteiger partial charge < -0.3 is 4.74 Å². The predicted octanol–water partition coefficient (Wildman–Crippen LogP) is 7.53. The molecule has 2 nitrogen and oxygen atoms in total. The number of hydrogen-bond donors (Lipinski definition) is 0. The fourth-order valence-electron chi connectivity index (χ4n) is 5.32. The molecule has 1 aliphatic heterocycles. The largest absolute Gasteiger partial charge is 0.493 e. The number of benzene rings is 2. The summed E-state index contributed by atoms with van der Waals surface area (Å²) in [4.78, 5) is 1.76. The Balaban J connectivity index is 1.60. The van der Waals surface area contributed by atoms with Gasteiger partial charge in [-0.15, -0.1) is 0 Å². The van der Waals surface area contributed by atoms with Gasteiger partial charge in [-0.2, -0.15) is 0 Å². The Kier molecular flexibility index (Phi) is 7.66. The molecule has 1 aliphatic carbocycles. The van der Waals surface area contributed by atoms with Crippen LogP contribution >= 0.6 is 0 Å². The molecule has 0 unspecified atom stereocenters. The molecule has 2 aromatic carbocycles. The van der Waals surface area contributed by atoms with Crippen molar-refractivity contribution in [3.05, 3.63) is 70.5 Å². The van der Waals surface area contributed by atoms with Crippen molar-refractivity contribution >= 4 is 5.57 Å². The van der Waals surface area contributed by atoms with Gasteiger partial charge in [-0.3, -0.25) is 9.29 Å². The number of halogens is 4. The van der Waals surface area contributed by atoms with Crippen LogP contribution in [-0.4, -0.2) is 36.7 Å². The van der Waals surface area contributed by atoms with Crippen LogP contribution < -0.4 is 4.74 Å². The summed E-state index contributed by atoms with van der Waals surface area (Å²) in [5.41, 5.74) is 4.92. The zero-order chi connectivity index (χ0) is 24.3. The molecule has 4 rings (SSSR count). The molecule has 0 saturated heterocycles. The third-order valence-electron chi connectivity index (χ3n) is 6.86. The normalized spacial score (nSPS) is 20.4. The van der Waals surface area contributed by atoms with Crippen molar-refractivity contribution in [1.29, 1.82) is 0 Å². The summed E-state index contributed by atoms with van der Waals surface area (Å²) in [7, 11) is 0. The van der Waals surface area contributed by atoms with Gasteiger partial charge in [0.2, 0.25) is 0 Å². The van der Waals surface area contributed by atoms with Gasteiger partial charge in [0, 0.05) is 24.6 Å². The Morgan fingerprint density at radius 1 is 1.06 bits per heavy atom. The number of alkyl halides is 3. The molecule has 0 bridgehead atoms. The van der Waals surface area contributed by atoms with Gasteiger partial charge in [0.15, 0.2) is 0 Å². The fraction of sp³-hybridized carbons (Fsp3) is 0.500. The molecule has 0 amide bonds. The lowest BCUT2D eigenvalue weighted by Crippen LogP contribution is -2.46. The standard InChI is InChI=1S/C28H33F4NO/c1-19-15-24-22-10-6-5-9-20(22)16-25(24)27(33(19)18-28(2,31)32)23-12-11-21(17-26(23)30)34-14-8-4-3-7-13-29/h5-6,9-12,17,19,27H,3-4,7-8,13-16,18H2,1-2H3/t19-,27-/m1/s1. The van der Waals surface area contributed by atoms with Gasteiger partial charge in [0.1, 0.15) is 11.6 Å². The predicted molar refractivity (Wildman–Crippen MR) is 128 cm³/mol. The van der Waals surface area contributed by atoms with E-state index in [4.69, 9.17) is 4.74 Å². The number of fused-ring (bicyclic) bond motifs is 2. The highest BCUT2D eigenvalue weighted by atomic mass is 19.3. The number of unbranched alkanes of at least 4 members (excludes halogenated alkanes) is 3. The summed E-state index contributed by atoms with van der Waals surface area (Å²) in [6.45, 7) is 2.57. The van der Waals surface area contributed by atoms with Crippen LogP contribution in [0.3, 0.4) is 0 Å². The second kappa shape index (κ2) is 10.5. The molecule has 184 valence electrons. The highest BCUT2D eigenvalue weighted by Crippen LogP contribution is 2.49. The molecule has 1 heterocycles. The molecule has 0 aromatic heterocycles. The first-order valence-electron chi connectivity index (χ1n) is 12.2. The maximum atomic E-state index is 15.5. The first kappa shape index (κ1) is 24.8. The Hall–Kier alpha value is -2.34. The van der Waals surface area contributed by atoms with Crippen molar-refractivity contribution in [1.82, 2.24) is 4.90 Å². The van der Waals surface area contributed by atoms with E-state index in [1.807, 2.05) is 19.1 Å². The highest BCUT2D eigenvalue weighted by molar-refractivity contribution is 5.79. The van der Waals surface area contributed by atoms with Crippen molar-refractivity contribution in [2.45, 2.75) is 70.4 Å². The average molecular weight is 476 g/mol. The lowest BCUT2D eigenvalue weighted by molar-refractivity contribution is -0.0358. The molecular weight excluding hydrogens is 442 g/mol. The van der Waals surface area contributed by atoms with Crippen LogP contribution in [0.15, 0.2) is 48.0 Å². The van der Waals surface area contributed by atoms with E-state index in [0.29, 0.717) is 37.2 Å². The van der Waals surface area contributed by atoms with E-state index < -0.39 is 24.3 Å². The monoisotopic (exact) mass is 475 g/mol. The summed E-state index contributed by atoms with van der Waals surface area (Å²) in [5, 5.41) is 0. The lowest BCUT2D eigenvalue weighted by atomic mass is 9.84. The fourth-order valence-corrected chi connectivity index (χ4v) is 5.32. The van der Waals surface area contributed by atoms with Crippen LogP contribution in [-0.2, 0) is 6.42 Å². The van der Waals surface area contributed by atoms with Crippen LogP contribution in [0.2, 0.25) is 0 Å². The van der Waals surface area contributed by atoms with Crippen LogP contribution in [0.1, 0.15) is 68.7 Å². The van der Waals surface area contributed by atoms with Gasteiger partial charge in [0.05, 0.1) is 25.9 Å². The summed E-state index contributed by atoms with van der Waals surface area (Å²) >= 11 is 0. The number of hydrogen-bond acceptors (Lipinski definition) is 2. The Labute approximate surface area is 199 Å². The van der Waals surface area contributed by atoms with E-state index in [1.165, 1.54) is 11.6 Å². The smallest absolute Gasteiger partial charge is 0.257 e. The summed E-state index contributed by atoms with van der Waals surface area (Å²) in [6, 6.07) is 12.2. The molecule has 6 heteroatoms. The number of nitrogens with zero attached hydrogens (tertiary/aromatic N) is 1. The summed E-state index contributed by atoms with van der Waals surface area (Å²) in [6.07, 6.45) is 4.32. The molecule has 0 spiro atoms. The minimum Gasteiger partial charge on any atom is -0.493 e. The van der Waals surface area contributed by atoms with Gasteiger partial charge in [-0.05, 0) is 67.4 Å². The quantitative estimate of drug-likeness (QED) is 0.260. The van der Waals surface area contributed by atoms with Gasteiger partial charge >= 0.3 is 0 Å². The van der Waals surface area contributed by atoms with Crippen molar-refractivity contribution in [2.24, 2.45) is 0 Å². The minimum atomic E-state index is -2.89. The Bertz CT molecular complexity index is 1030. The minimum absolute atomic E-state index is 0.152. The van der Waals surface area contributed by atoms with Gasteiger partial charge in [0.25, 0.3) is 5.92 Å². The molecule has 2 aromatic rings. The zero-order valence-electron chi connectivity index (χ0n) is 19.9. The summed E-state index contributed by atoms with van der Waals surface area (Å²) in [5.74, 6) is -2.91. The third kappa shape index (κ3) is 5.48. The molecule has 0 radical (unpaired) electrons. The van der Waals surface area contributed by atoms with Crippen molar-refractivity contribution in [2.75, 3.05) is 19.8 Å². The second-order valence-corrected chi connectivity index (χ2v) is 9.67. The van der Waals surface area contributed by atoms with Gasteiger partial charge in [-0.1, -0.05) is 36.8 Å².